The summed E-state index contributed by atoms with van der Waals surface area (Å²) in [7, 11) is 0. The summed E-state index contributed by atoms with van der Waals surface area (Å²) in [6.45, 7) is 12.4. The Balaban J connectivity index is 0.00000182. The Hall–Kier alpha value is -0.970. The van der Waals surface area contributed by atoms with Crippen LogP contribution in [0, 0.1) is 25.7 Å². The number of anilines is 1. The Labute approximate surface area is 176 Å². The van der Waals surface area contributed by atoms with Crippen molar-refractivity contribution in [3.8, 4) is 0 Å². The second kappa shape index (κ2) is 11.1. The molecule has 2 fully saturated rings. The highest BCUT2D eigenvalue weighted by atomic mass is 35.5. The van der Waals surface area contributed by atoms with Crippen molar-refractivity contribution in [3.05, 3.63) is 29.3 Å². The number of amides is 1. The summed E-state index contributed by atoms with van der Waals surface area (Å²) >= 11 is 0. The van der Waals surface area contributed by atoms with Gasteiger partial charge in [-0.2, -0.15) is 0 Å². The number of carbonyl (C=O) groups is 1. The molecule has 0 aromatic heterocycles. The summed E-state index contributed by atoms with van der Waals surface area (Å²) in [5, 5.41) is 3.47. The highest BCUT2D eigenvalue weighted by molar-refractivity contribution is 5.85. The first-order valence-corrected chi connectivity index (χ1v) is 9.86. The quantitative estimate of drug-likeness (QED) is 0.811. The Bertz CT molecular complexity index is 597. The molecule has 1 aromatic carbocycles. The van der Waals surface area contributed by atoms with E-state index in [1.165, 1.54) is 29.7 Å². The number of aryl methyl sites for hydroxylation is 1. The van der Waals surface area contributed by atoms with Gasteiger partial charge in [0, 0.05) is 38.3 Å². The Kier molecular flexibility index (Phi) is 9.92. The van der Waals surface area contributed by atoms with Crippen LogP contribution in [-0.4, -0.2) is 50.1 Å². The molecule has 0 aliphatic carbocycles. The lowest BCUT2D eigenvalue weighted by atomic mass is 9.85. The Morgan fingerprint density at radius 1 is 1.19 bits per heavy atom. The van der Waals surface area contributed by atoms with E-state index in [0.717, 1.165) is 39.3 Å². The number of hydrogen-bond donors (Lipinski definition) is 1. The molecule has 154 valence electrons. The SMILES string of the molecule is Cc1cccc(N2CCN(C(=O)CC(C)C3CCCNC3)CC2)c1C.Cl.Cl. The molecule has 1 aromatic rings. The van der Waals surface area contributed by atoms with E-state index >= 15 is 0 Å². The fourth-order valence-corrected chi connectivity index (χ4v) is 4.21. The van der Waals surface area contributed by atoms with Gasteiger partial charge in [-0.3, -0.25) is 4.79 Å². The van der Waals surface area contributed by atoms with E-state index in [2.05, 4.69) is 54.1 Å². The number of rotatable bonds is 4. The van der Waals surface area contributed by atoms with Gasteiger partial charge in [-0.25, -0.2) is 0 Å². The van der Waals surface area contributed by atoms with Crippen LogP contribution in [0.15, 0.2) is 18.2 Å². The fraction of sp³-hybridized carbons (Fsp3) is 0.667. The summed E-state index contributed by atoms with van der Waals surface area (Å²) in [5.41, 5.74) is 4.03. The van der Waals surface area contributed by atoms with Crippen molar-refractivity contribution in [1.82, 2.24) is 10.2 Å². The maximum atomic E-state index is 12.7. The molecule has 6 heteroatoms. The topological polar surface area (TPSA) is 35.6 Å². The largest absolute Gasteiger partial charge is 0.368 e. The van der Waals surface area contributed by atoms with Gasteiger partial charge in [-0.1, -0.05) is 19.1 Å². The van der Waals surface area contributed by atoms with Crippen molar-refractivity contribution < 1.29 is 4.79 Å². The van der Waals surface area contributed by atoms with Gasteiger partial charge in [0.2, 0.25) is 5.91 Å². The van der Waals surface area contributed by atoms with Crippen molar-refractivity contribution in [2.75, 3.05) is 44.2 Å². The molecular formula is C21H35Cl2N3O. The number of piperidine rings is 1. The zero-order chi connectivity index (χ0) is 17.8. The van der Waals surface area contributed by atoms with E-state index in [4.69, 9.17) is 0 Å². The van der Waals surface area contributed by atoms with Crippen molar-refractivity contribution >= 4 is 36.4 Å². The molecular weight excluding hydrogens is 381 g/mol. The molecule has 2 aliphatic rings. The van der Waals surface area contributed by atoms with Crippen LogP contribution in [0.25, 0.3) is 0 Å². The first-order valence-electron chi connectivity index (χ1n) is 9.86. The van der Waals surface area contributed by atoms with E-state index in [1.807, 2.05) is 0 Å². The van der Waals surface area contributed by atoms with Gasteiger partial charge in [0.05, 0.1) is 0 Å². The average Bonchev–Trinajstić information content (AvgIpc) is 2.65. The minimum Gasteiger partial charge on any atom is -0.368 e. The van der Waals surface area contributed by atoms with Crippen LogP contribution in [0.4, 0.5) is 5.69 Å². The van der Waals surface area contributed by atoms with Crippen LogP contribution < -0.4 is 10.2 Å². The lowest BCUT2D eigenvalue weighted by Gasteiger charge is -2.38. The third kappa shape index (κ3) is 6.00. The van der Waals surface area contributed by atoms with Crippen LogP contribution >= 0.6 is 24.8 Å². The molecule has 3 rings (SSSR count). The highest BCUT2D eigenvalue weighted by Gasteiger charge is 2.26. The number of halogens is 2. The van der Waals surface area contributed by atoms with E-state index in [0.29, 0.717) is 24.2 Å². The second-order valence-electron chi connectivity index (χ2n) is 7.87. The van der Waals surface area contributed by atoms with Crippen LogP contribution in [0.1, 0.15) is 37.3 Å². The molecule has 0 spiro atoms. The number of carbonyl (C=O) groups excluding carboxylic acids is 1. The molecule has 0 saturated carbocycles. The smallest absolute Gasteiger partial charge is 0.222 e. The van der Waals surface area contributed by atoms with Crippen LogP contribution in [0.2, 0.25) is 0 Å². The molecule has 2 unspecified atom stereocenters. The predicted octanol–water partition coefficient (Wildman–Crippen LogP) is 3.82. The van der Waals surface area contributed by atoms with E-state index in [9.17, 15) is 4.79 Å². The third-order valence-corrected chi connectivity index (χ3v) is 6.19. The molecule has 2 aliphatic heterocycles. The summed E-state index contributed by atoms with van der Waals surface area (Å²) < 4.78 is 0. The van der Waals surface area contributed by atoms with Crippen molar-refractivity contribution in [2.24, 2.45) is 11.8 Å². The molecule has 0 radical (unpaired) electrons. The van der Waals surface area contributed by atoms with Gasteiger partial charge in [0.15, 0.2) is 0 Å². The lowest BCUT2D eigenvalue weighted by molar-refractivity contribution is -0.132. The summed E-state index contributed by atoms with van der Waals surface area (Å²) in [6.07, 6.45) is 3.22. The molecule has 27 heavy (non-hydrogen) atoms. The second-order valence-corrected chi connectivity index (χ2v) is 7.87. The third-order valence-electron chi connectivity index (χ3n) is 6.19. The fourth-order valence-electron chi connectivity index (χ4n) is 4.21. The maximum absolute atomic E-state index is 12.7. The predicted molar refractivity (Wildman–Crippen MR) is 119 cm³/mol. The lowest BCUT2D eigenvalue weighted by Crippen LogP contribution is -2.49. The monoisotopic (exact) mass is 415 g/mol. The van der Waals surface area contributed by atoms with E-state index in [1.54, 1.807) is 0 Å². The van der Waals surface area contributed by atoms with Gasteiger partial charge in [-0.05, 0) is 68.8 Å². The molecule has 1 amide bonds. The summed E-state index contributed by atoms with van der Waals surface area (Å²) in [5.74, 6) is 1.49. The molecule has 2 atom stereocenters. The van der Waals surface area contributed by atoms with Gasteiger partial charge in [0.1, 0.15) is 0 Å². The minimum atomic E-state index is 0. The molecule has 1 N–H and O–H groups in total. The average molecular weight is 416 g/mol. The van der Waals surface area contributed by atoms with E-state index < -0.39 is 0 Å². The zero-order valence-electron chi connectivity index (χ0n) is 16.9. The van der Waals surface area contributed by atoms with Gasteiger partial charge in [-0.15, -0.1) is 24.8 Å². The zero-order valence-corrected chi connectivity index (χ0v) is 18.5. The number of nitrogens with zero attached hydrogens (tertiary/aromatic N) is 2. The molecule has 2 heterocycles. The number of hydrogen-bond acceptors (Lipinski definition) is 3. The first kappa shape index (κ1) is 24.1. The van der Waals surface area contributed by atoms with Crippen LogP contribution in [-0.2, 0) is 4.79 Å². The number of nitrogens with one attached hydrogen (secondary N) is 1. The molecule has 4 nitrogen and oxygen atoms in total. The van der Waals surface area contributed by atoms with Gasteiger partial charge < -0.3 is 15.1 Å². The van der Waals surface area contributed by atoms with Crippen LogP contribution in [0.5, 0.6) is 0 Å². The first-order chi connectivity index (χ1) is 12.1. The van der Waals surface area contributed by atoms with Crippen molar-refractivity contribution in [2.45, 2.75) is 40.0 Å². The van der Waals surface area contributed by atoms with Crippen LogP contribution in [0.3, 0.4) is 0 Å². The number of piperazine rings is 1. The van der Waals surface area contributed by atoms with Crippen molar-refractivity contribution in [1.29, 1.82) is 0 Å². The Morgan fingerprint density at radius 2 is 1.89 bits per heavy atom. The summed E-state index contributed by atoms with van der Waals surface area (Å²) in [4.78, 5) is 17.2. The van der Waals surface area contributed by atoms with Gasteiger partial charge >= 0.3 is 0 Å². The minimum absolute atomic E-state index is 0. The number of benzene rings is 1. The Morgan fingerprint density at radius 3 is 2.52 bits per heavy atom. The standard InChI is InChI=1S/C21H33N3O.2ClH/c1-16-6-4-8-20(18(16)3)23-10-12-24(13-11-23)21(25)14-17(2)19-7-5-9-22-15-19;;/h4,6,8,17,19,22H,5,7,9-15H2,1-3H3;2*1H. The van der Waals surface area contributed by atoms with Crippen molar-refractivity contribution in [3.63, 3.8) is 0 Å². The maximum Gasteiger partial charge on any atom is 0.222 e. The normalized spacial score (nSPS) is 21.1. The summed E-state index contributed by atoms with van der Waals surface area (Å²) in [6, 6.07) is 6.51. The van der Waals surface area contributed by atoms with E-state index in [-0.39, 0.29) is 24.8 Å². The molecule has 2 saturated heterocycles. The molecule has 0 bridgehead atoms. The highest BCUT2D eigenvalue weighted by Crippen LogP contribution is 2.26. The van der Waals surface area contributed by atoms with Gasteiger partial charge in [0.25, 0.3) is 0 Å².